The van der Waals surface area contributed by atoms with E-state index in [0.29, 0.717) is 24.5 Å². The van der Waals surface area contributed by atoms with Crippen LogP contribution in [0.25, 0.3) is 11.5 Å². The number of amides is 1. The summed E-state index contributed by atoms with van der Waals surface area (Å²) in [5.41, 5.74) is 0.382. The van der Waals surface area contributed by atoms with Crippen molar-refractivity contribution in [2.75, 3.05) is 13.7 Å². The second-order valence-electron chi connectivity index (χ2n) is 6.27. The van der Waals surface area contributed by atoms with E-state index in [1.54, 1.807) is 31.6 Å². The maximum absolute atomic E-state index is 12.3. The van der Waals surface area contributed by atoms with Gasteiger partial charge in [0.15, 0.2) is 5.76 Å². The summed E-state index contributed by atoms with van der Waals surface area (Å²) in [5, 5.41) is 7.20. The summed E-state index contributed by atoms with van der Waals surface area (Å²) in [6.45, 7) is 0.682. The molecule has 134 valence electrons. The van der Waals surface area contributed by atoms with Gasteiger partial charge in [-0.2, -0.15) is 5.10 Å². The van der Waals surface area contributed by atoms with Crippen molar-refractivity contribution >= 4 is 5.91 Å². The van der Waals surface area contributed by atoms with Crippen LogP contribution in [0.5, 0.6) is 0 Å². The highest BCUT2D eigenvalue weighted by atomic mass is 16.5. The summed E-state index contributed by atoms with van der Waals surface area (Å²) in [6, 6.07) is 6.64. The molecule has 2 atom stereocenters. The van der Waals surface area contributed by atoms with Gasteiger partial charge in [-0.3, -0.25) is 9.59 Å². The predicted molar refractivity (Wildman–Crippen MR) is 92.0 cm³/mol. The van der Waals surface area contributed by atoms with E-state index in [2.05, 4.69) is 10.4 Å². The Kier molecular flexibility index (Phi) is 5.65. The monoisotopic (exact) mass is 345 g/mol. The van der Waals surface area contributed by atoms with Crippen molar-refractivity contribution in [3.8, 4) is 11.5 Å². The molecule has 25 heavy (non-hydrogen) atoms. The molecule has 0 unspecified atom stereocenters. The zero-order chi connectivity index (χ0) is 17.6. The average molecular weight is 345 g/mol. The molecule has 2 heterocycles. The zero-order valence-electron chi connectivity index (χ0n) is 14.3. The predicted octanol–water partition coefficient (Wildman–Crippen LogP) is 1.82. The van der Waals surface area contributed by atoms with E-state index in [4.69, 9.17) is 9.15 Å². The number of nitrogens with one attached hydrogen (secondary N) is 1. The number of ether oxygens (including phenoxy) is 1. The van der Waals surface area contributed by atoms with E-state index in [9.17, 15) is 9.59 Å². The number of hydrogen-bond donors (Lipinski definition) is 1. The second kappa shape index (κ2) is 8.11. The van der Waals surface area contributed by atoms with Gasteiger partial charge in [0.25, 0.3) is 5.56 Å². The topological polar surface area (TPSA) is 86.4 Å². The van der Waals surface area contributed by atoms with Crippen LogP contribution in [-0.4, -0.2) is 35.4 Å². The molecule has 0 bridgehead atoms. The van der Waals surface area contributed by atoms with Crippen molar-refractivity contribution in [2.45, 2.75) is 38.3 Å². The van der Waals surface area contributed by atoms with Gasteiger partial charge in [0.2, 0.25) is 5.91 Å². The SMILES string of the molecule is CO[C@@H]1CCC[C@H](C(=O)NCCn2nc(-c3ccco3)ccc2=O)C1. The Morgan fingerprint density at radius 3 is 3.04 bits per heavy atom. The number of methoxy groups -OCH3 is 1. The molecule has 0 aromatic carbocycles. The molecule has 2 aromatic rings. The second-order valence-corrected chi connectivity index (χ2v) is 6.27. The first-order chi connectivity index (χ1) is 12.2. The van der Waals surface area contributed by atoms with E-state index in [1.165, 1.54) is 10.7 Å². The van der Waals surface area contributed by atoms with Crippen molar-refractivity contribution in [3.63, 3.8) is 0 Å². The minimum absolute atomic E-state index is 0.0159. The fourth-order valence-electron chi connectivity index (χ4n) is 3.19. The fraction of sp³-hybridized carbons (Fsp3) is 0.500. The first kappa shape index (κ1) is 17.4. The number of nitrogens with zero attached hydrogens (tertiary/aromatic N) is 2. The van der Waals surface area contributed by atoms with E-state index in [-0.39, 0.29) is 23.5 Å². The molecule has 1 amide bonds. The first-order valence-electron chi connectivity index (χ1n) is 8.60. The van der Waals surface area contributed by atoms with Gasteiger partial charge in [-0.25, -0.2) is 4.68 Å². The molecule has 0 saturated heterocycles. The van der Waals surface area contributed by atoms with Crippen LogP contribution in [-0.2, 0) is 16.1 Å². The number of furan rings is 1. The molecular weight excluding hydrogens is 322 g/mol. The maximum atomic E-state index is 12.3. The number of hydrogen-bond acceptors (Lipinski definition) is 5. The van der Waals surface area contributed by atoms with Crippen molar-refractivity contribution in [2.24, 2.45) is 5.92 Å². The lowest BCUT2D eigenvalue weighted by Gasteiger charge is -2.27. The van der Waals surface area contributed by atoms with Gasteiger partial charge in [0.1, 0.15) is 5.69 Å². The Hall–Kier alpha value is -2.41. The molecule has 7 nitrogen and oxygen atoms in total. The minimum Gasteiger partial charge on any atom is -0.463 e. The smallest absolute Gasteiger partial charge is 0.266 e. The van der Waals surface area contributed by atoms with Crippen LogP contribution in [0.1, 0.15) is 25.7 Å². The minimum atomic E-state index is -0.207. The standard InChI is InChI=1S/C18H23N3O4/c1-24-14-5-2-4-13(12-14)18(23)19-9-10-21-17(22)8-7-15(20-21)16-6-3-11-25-16/h3,6-8,11,13-14H,2,4-5,9-10,12H2,1H3,(H,19,23)/t13-,14+/m0/s1. The van der Waals surface area contributed by atoms with Gasteiger partial charge in [-0.15, -0.1) is 0 Å². The molecule has 3 rings (SSSR count). The Morgan fingerprint density at radius 1 is 1.40 bits per heavy atom. The Bertz CT molecular complexity index is 754. The number of carbonyl (C=O) groups excluding carboxylic acids is 1. The lowest BCUT2D eigenvalue weighted by Crippen LogP contribution is -2.38. The molecule has 1 fully saturated rings. The normalized spacial score (nSPS) is 20.4. The third-order valence-corrected chi connectivity index (χ3v) is 4.59. The van der Waals surface area contributed by atoms with Gasteiger partial charge in [0, 0.05) is 25.6 Å². The van der Waals surface area contributed by atoms with Gasteiger partial charge in [-0.05, 0) is 37.5 Å². The maximum Gasteiger partial charge on any atom is 0.266 e. The van der Waals surface area contributed by atoms with Crippen LogP contribution >= 0.6 is 0 Å². The van der Waals surface area contributed by atoms with Crippen LogP contribution in [0.2, 0.25) is 0 Å². The first-order valence-corrected chi connectivity index (χ1v) is 8.60. The van der Waals surface area contributed by atoms with Crippen molar-refractivity contribution in [1.29, 1.82) is 0 Å². The van der Waals surface area contributed by atoms with Crippen LogP contribution in [0.15, 0.2) is 39.7 Å². The number of carbonyl (C=O) groups is 1. The summed E-state index contributed by atoms with van der Waals surface area (Å²) in [7, 11) is 1.69. The third kappa shape index (κ3) is 4.36. The molecule has 1 N–H and O–H groups in total. The van der Waals surface area contributed by atoms with E-state index in [0.717, 1.165) is 25.7 Å². The van der Waals surface area contributed by atoms with E-state index >= 15 is 0 Å². The van der Waals surface area contributed by atoms with Gasteiger partial charge < -0.3 is 14.5 Å². The molecule has 1 saturated carbocycles. The molecule has 0 spiro atoms. The molecule has 1 aliphatic carbocycles. The van der Waals surface area contributed by atoms with Crippen LogP contribution in [0.4, 0.5) is 0 Å². The van der Waals surface area contributed by atoms with Crippen LogP contribution < -0.4 is 10.9 Å². The summed E-state index contributed by atoms with van der Waals surface area (Å²) in [6.07, 6.45) is 5.39. The quantitative estimate of drug-likeness (QED) is 0.863. The molecule has 1 aliphatic rings. The van der Waals surface area contributed by atoms with Gasteiger partial charge in [0.05, 0.1) is 18.9 Å². The van der Waals surface area contributed by atoms with Gasteiger partial charge in [-0.1, -0.05) is 6.42 Å². The molecule has 0 aliphatic heterocycles. The average Bonchev–Trinajstić information content (AvgIpc) is 3.18. The lowest BCUT2D eigenvalue weighted by molar-refractivity contribution is -0.127. The fourth-order valence-corrected chi connectivity index (χ4v) is 3.19. The van der Waals surface area contributed by atoms with E-state index in [1.807, 2.05) is 0 Å². The van der Waals surface area contributed by atoms with Crippen LogP contribution in [0.3, 0.4) is 0 Å². The van der Waals surface area contributed by atoms with Crippen molar-refractivity contribution in [1.82, 2.24) is 15.1 Å². The highest BCUT2D eigenvalue weighted by Crippen LogP contribution is 2.26. The van der Waals surface area contributed by atoms with Crippen molar-refractivity contribution < 1.29 is 13.9 Å². The molecular formula is C18H23N3O4. The Labute approximate surface area is 146 Å². The third-order valence-electron chi connectivity index (χ3n) is 4.59. The highest BCUT2D eigenvalue weighted by molar-refractivity contribution is 5.78. The zero-order valence-corrected chi connectivity index (χ0v) is 14.3. The van der Waals surface area contributed by atoms with Crippen molar-refractivity contribution in [3.05, 3.63) is 40.9 Å². The van der Waals surface area contributed by atoms with Gasteiger partial charge >= 0.3 is 0 Å². The number of aromatic nitrogens is 2. The summed E-state index contributed by atoms with van der Waals surface area (Å²) >= 11 is 0. The Balaban J connectivity index is 1.56. The Morgan fingerprint density at radius 2 is 2.28 bits per heavy atom. The van der Waals surface area contributed by atoms with Crippen LogP contribution in [0, 0.1) is 5.92 Å². The summed E-state index contributed by atoms with van der Waals surface area (Å²) in [5.74, 6) is 0.612. The summed E-state index contributed by atoms with van der Waals surface area (Å²) in [4.78, 5) is 24.2. The molecule has 0 radical (unpaired) electrons. The molecule has 7 heteroatoms. The number of rotatable bonds is 6. The highest BCUT2D eigenvalue weighted by Gasteiger charge is 2.26. The lowest BCUT2D eigenvalue weighted by atomic mass is 9.86. The largest absolute Gasteiger partial charge is 0.463 e. The molecule has 2 aromatic heterocycles. The summed E-state index contributed by atoms with van der Waals surface area (Å²) < 4.78 is 12.0. The van der Waals surface area contributed by atoms with E-state index < -0.39 is 0 Å².